The van der Waals surface area contributed by atoms with E-state index in [9.17, 15) is 4.79 Å². The van der Waals surface area contributed by atoms with Gasteiger partial charge in [0.05, 0.1) is 0 Å². The van der Waals surface area contributed by atoms with Crippen LogP contribution in [0.15, 0.2) is 24.3 Å². The lowest BCUT2D eigenvalue weighted by Gasteiger charge is -2.16. The predicted octanol–water partition coefficient (Wildman–Crippen LogP) is 3.81. The second kappa shape index (κ2) is 3.64. The summed E-state index contributed by atoms with van der Waals surface area (Å²) < 4.78 is 0. The fourth-order valence-electron chi connectivity index (χ4n) is 2.29. The van der Waals surface area contributed by atoms with Crippen LogP contribution in [0.25, 0.3) is 0 Å². The molecular weight excluding hydrogens is 208 g/mol. The van der Waals surface area contributed by atoms with Gasteiger partial charge in [-0.25, -0.2) is 0 Å². The summed E-state index contributed by atoms with van der Waals surface area (Å²) in [4.78, 5) is 12.1. The van der Waals surface area contributed by atoms with Gasteiger partial charge >= 0.3 is 0 Å². The zero-order valence-electron chi connectivity index (χ0n) is 9.09. The van der Waals surface area contributed by atoms with Crippen molar-refractivity contribution in [3.63, 3.8) is 0 Å². The predicted molar refractivity (Wildman–Crippen MR) is 62.2 cm³/mol. The van der Waals surface area contributed by atoms with Crippen molar-refractivity contribution >= 4 is 17.4 Å². The van der Waals surface area contributed by atoms with Gasteiger partial charge in [-0.1, -0.05) is 43.6 Å². The number of hydrogen-bond donors (Lipinski definition) is 0. The van der Waals surface area contributed by atoms with Crippen LogP contribution in [-0.2, 0) is 4.79 Å². The lowest BCUT2D eigenvalue weighted by atomic mass is 9.87. The highest BCUT2D eigenvalue weighted by atomic mass is 35.5. The van der Waals surface area contributed by atoms with E-state index >= 15 is 0 Å². The highest BCUT2D eigenvalue weighted by Gasteiger charge is 2.41. The molecule has 1 aromatic rings. The Morgan fingerprint density at radius 3 is 2.53 bits per heavy atom. The molecule has 0 aliphatic heterocycles. The summed E-state index contributed by atoms with van der Waals surface area (Å²) in [6, 6.07) is 7.66. The molecule has 1 nitrogen and oxygen atoms in total. The van der Waals surface area contributed by atoms with Crippen molar-refractivity contribution in [2.75, 3.05) is 0 Å². The molecule has 2 rings (SSSR count). The molecule has 1 saturated carbocycles. The molecule has 1 atom stereocenters. The van der Waals surface area contributed by atoms with Gasteiger partial charge in [0.15, 0.2) is 0 Å². The number of benzene rings is 1. The van der Waals surface area contributed by atoms with Crippen molar-refractivity contribution < 1.29 is 4.79 Å². The van der Waals surface area contributed by atoms with E-state index in [0.29, 0.717) is 10.8 Å². The Morgan fingerprint density at radius 2 is 2.00 bits per heavy atom. The SMILES string of the molecule is CC1(C)CCC(c2ccccc2Cl)C1=O. The van der Waals surface area contributed by atoms with E-state index in [2.05, 4.69) is 0 Å². The van der Waals surface area contributed by atoms with Crippen molar-refractivity contribution in [3.8, 4) is 0 Å². The van der Waals surface area contributed by atoms with Crippen LogP contribution in [-0.4, -0.2) is 5.78 Å². The summed E-state index contributed by atoms with van der Waals surface area (Å²) in [6.45, 7) is 4.04. The van der Waals surface area contributed by atoms with Crippen LogP contribution in [0.1, 0.15) is 38.2 Å². The van der Waals surface area contributed by atoms with Gasteiger partial charge in [0.25, 0.3) is 0 Å². The van der Waals surface area contributed by atoms with Crippen molar-refractivity contribution in [1.29, 1.82) is 0 Å². The Balaban J connectivity index is 2.35. The maximum Gasteiger partial charge on any atom is 0.145 e. The van der Waals surface area contributed by atoms with E-state index in [1.807, 2.05) is 38.1 Å². The molecule has 2 heteroatoms. The fraction of sp³-hybridized carbons (Fsp3) is 0.462. The van der Waals surface area contributed by atoms with Gasteiger partial charge < -0.3 is 0 Å². The second-order valence-electron chi connectivity index (χ2n) is 4.86. The average molecular weight is 223 g/mol. The Morgan fingerprint density at radius 1 is 1.33 bits per heavy atom. The van der Waals surface area contributed by atoms with Crippen LogP contribution in [0.2, 0.25) is 5.02 Å². The topological polar surface area (TPSA) is 17.1 Å². The number of Topliss-reactive ketones (excluding diaryl/α,β-unsaturated/α-hetero) is 1. The third kappa shape index (κ3) is 1.81. The molecule has 0 radical (unpaired) electrons. The van der Waals surface area contributed by atoms with Crippen molar-refractivity contribution in [1.82, 2.24) is 0 Å². The van der Waals surface area contributed by atoms with E-state index in [1.165, 1.54) is 0 Å². The number of ketones is 1. The minimum atomic E-state index is -0.177. The molecule has 80 valence electrons. The van der Waals surface area contributed by atoms with Crippen LogP contribution in [0.3, 0.4) is 0 Å². The molecule has 0 amide bonds. The zero-order chi connectivity index (χ0) is 11.1. The molecule has 1 unspecified atom stereocenters. The van der Waals surface area contributed by atoms with E-state index in [-0.39, 0.29) is 11.3 Å². The van der Waals surface area contributed by atoms with Gasteiger partial charge in [0.1, 0.15) is 5.78 Å². The fourth-order valence-corrected chi connectivity index (χ4v) is 2.55. The molecule has 0 heterocycles. The molecule has 0 spiro atoms. The number of carbonyl (C=O) groups excluding carboxylic acids is 1. The van der Waals surface area contributed by atoms with Gasteiger partial charge in [0.2, 0.25) is 0 Å². The molecule has 15 heavy (non-hydrogen) atoms. The number of halogens is 1. The molecule has 0 saturated heterocycles. The summed E-state index contributed by atoms with van der Waals surface area (Å²) in [7, 11) is 0. The highest BCUT2D eigenvalue weighted by molar-refractivity contribution is 6.31. The van der Waals surface area contributed by atoms with Gasteiger partial charge in [-0.2, -0.15) is 0 Å². The Kier molecular flexibility index (Phi) is 2.59. The van der Waals surface area contributed by atoms with Gasteiger partial charge in [-0.3, -0.25) is 4.79 Å². The third-order valence-corrected chi connectivity index (χ3v) is 3.67. The maximum atomic E-state index is 12.1. The standard InChI is InChI=1S/C13H15ClO/c1-13(2)8-7-10(12(13)15)9-5-3-4-6-11(9)14/h3-6,10H,7-8H2,1-2H3. The van der Waals surface area contributed by atoms with Crippen LogP contribution in [0, 0.1) is 5.41 Å². The molecule has 1 aliphatic rings. The lowest BCUT2D eigenvalue weighted by molar-refractivity contribution is -0.125. The third-order valence-electron chi connectivity index (χ3n) is 3.32. The van der Waals surface area contributed by atoms with Crippen molar-refractivity contribution in [2.24, 2.45) is 5.41 Å². The quantitative estimate of drug-likeness (QED) is 0.706. The minimum absolute atomic E-state index is 0.00806. The normalized spacial score (nSPS) is 24.5. The highest BCUT2D eigenvalue weighted by Crippen LogP contribution is 2.44. The molecule has 1 aromatic carbocycles. The van der Waals surface area contributed by atoms with Gasteiger partial charge in [-0.15, -0.1) is 0 Å². The number of hydrogen-bond acceptors (Lipinski definition) is 1. The first-order valence-corrected chi connectivity index (χ1v) is 5.69. The Bertz CT molecular complexity index is 395. The van der Waals surface area contributed by atoms with E-state index in [1.54, 1.807) is 0 Å². The van der Waals surface area contributed by atoms with Crippen molar-refractivity contribution in [3.05, 3.63) is 34.9 Å². The monoisotopic (exact) mass is 222 g/mol. The summed E-state index contributed by atoms with van der Waals surface area (Å²) >= 11 is 6.11. The molecule has 1 fully saturated rings. The summed E-state index contributed by atoms with van der Waals surface area (Å²) in [5, 5.41) is 0.716. The van der Waals surface area contributed by atoms with Crippen molar-refractivity contribution in [2.45, 2.75) is 32.6 Å². The Labute approximate surface area is 95.4 Å². The molecule has 1 aliphatic carbocycles. The first-order valence-electron chi connectivity index (χ1n) is 5.31. The summed E-state index contributed by atoms with van der Waals surface area (Å²) in [5.41, 5.74) is 0.818. The second-order valence-corrected chi connectivity index (χ2v) is 5.27. The zero-order valence-corrected chi connectivity index (χ0v) is 9.84. The van der Waals surface area contributed by atoms with Crippen LogP contribution >= 0.6 is 11.6 Å². The number of rotatable bonds is 1. The minimum Gasteiger partial charge on any atom is -0.298 e. The van der Waals surface area contributed by atoms with Crippen LogP contribution in [0.5, 0.6) is 0 Å². The lowest BCUT2D eigenvalue weighted by Crippen LogP contribution is -2.20. The first-order chi connectivity index (χ1) is 7.02. The molecule has 0 N–H and O–H groups in total. The largest absolute Gasteiger partial charge is 0.298 e. The summed E-state index contributed by atoms with van der Waals surface area (Å²) in [6.07, 6.45) is 1.89. The summed E-state index contributed by atoms with van der Waals surface area (Å²) in [5.74, 6) is 0.337. The van der Waals surface area contributed by atoms with Gasteiger partial charge in [0, 0.05) is 16.4 Å². The maximum absolute atomic E-state index is 12.1. The first kappa shape index (κ1) is 10.7. The number of carbonyl (C=O) groups is 1. The van der Waals surface area contributed by atoms with E-state index in [4.69, 9.17) is 11.6 Å². The van der Waals surface area contributed by atoms with Crippen LogP contribution < -0.4 is 0 Å². The Hall–Kier alpha value is -0.820. The van der Waals surface area contributed by atoms with E-state index in [0.717, 1.165) is 18.4 Å². The average Bonchev–Trinajstić information content (AvgIpc) is 2.44. The van der Waals surface area contributed by atoms with E-state index < -0.39 is 0 Å². The smallest absolute Gasteiger partial charge is 0.145 e. The van der Waals surface area contributed by atoms with Gasteiger partial charge in [-0.05, 0) is 24.5 Å². The van der Waals surface area contributed by atoms with Crippen LogP contribution in [0.4, 0.5) is 0 Å². The molecular formula is C13H15ClO. The molecule has 0 aromatic heterocycles. The molecule has 0 bridgehead atoms.